The summed E-state index contributed by atoms with van der Waals surface area (Å²) in [6, 6.07) is 0. The van der Waals surface area contributed by atoms with Gasteiger partial charge in [-0.3, -0.25) is 4.31 Å². The Kier molecular flexibility index (Phi) is 4.33. The Balaban J connectivity index is 2.63. The van der Waals surface area contributed by atoms with Crippen LogP contribution in [-0.2, 0) is 4.31 Å². The first-order valence-corrected chi connectivity index (χ1v) is 3.03. The molecule has 0 saturated carbocycles. The molecule has 0 amide bonds. The quantitative estimate of drug-likeness (QED) is 0.449. The molecule has 6 heteroatoms. The van der Waals surface area contributed by atoms with Gasteiger partial charge in [0.25, 0.3) is 0 Å². The zero-order valence-electron chi connectivity index (χ0n) is 2.70. The summed E-state index contributed by atoms with van der Waals surface area (Å²) in [6.45, 7) is 0. The lowest BCUT2D eigenvalue weighted by molar-refractivity contribution is 0.377. The molecule has 0 aliphatic heterocycles. The van der Waals surface area contributed by atoms with Gasteiger partial charge in [-0.1, -0.05) is 0 Å². The summed E-state index contributed by atoms with van der Waals surface area (Å²) >= 11 is 0. The van der Waals surface area contributed by atoms with Crippen molar-refractivity contribution in [3.05, 3.63) is 0 Å². The molecule has 4 nitrogen and oxygen atoms in total. The van der Waals surface area contributed by atoms with Crippen molar-refractivity contribution < 1.29 is 19.0 Å². The van der Waals surface area contributed by atoms with E-state index in [-0.39, 0.29) is 0 Å². The predicted molar refractivity (Wildman–Crippen MR) is 23.0 cm³/mol. The molecular formula is H4O4P2. The summed E-state index contributed by atoms with van der Waals surface area (Å²) in [6.07, 6.45) is 0. The second kappa shape index (κ2) is 3.88. The minimum absolute atomic E-state index is 0.833. The molecule has 0 bridgehead atoms. The molecule has 3 N–H and O–H groups in total. The summed E-state index contributed by atoms with van der Waals surface area (Å²) in [5, 5.41) is 0. The van der Waals surface area contributed by atoms with Crippen LogP contribution in [0.25, 0.3) is 0 Å². The molecule has 0 heterocycles. The Hall–Kier alpha value is 0.700. The predicted octanol–water partition coefficient (Wildman–Crippen LogP) is -0.285. The SMILES string of the molecule is OPOP(O)O. The van der Waals surface area contributed by atoms with E-state index in [4.69, 9.17) is 14.7 Å². The van der Waals surface area contributed by atoms with E-state index in [2.05, 4.69) is 4.31 Å². The van der Waals surface area contributed by atoms with E-state index >= 15 is 0 Å². The van der Waals surface area contributed by atoms with E-state index in [1.165, 1.54) is 0 Å². The van der Waals surface area contributed by atoms with Crippen molar-refractivity contribution in [1.82, 2.24) is 0 Å². The molecule has 0 aliphatic carbocycles. The average Bonchev–Trinajstić information content (AvgIpc) is 1.35. The third kappa shape index (κ3) is 4.70. The monoisotopic (exact) mass is 130 g/mol. The molecule has 1 atom stereocenters. The van der Waals surface area contributed by atoms with Crippen LogP contribution in [0.5, 0.6) is 0 Å². The Morgan fingerprint density at radius 2 is 2.00 bits per heavy atom. The van der Waals surface area contributed by atoms with Crippen molar-refractivity contribution in [3.8, 4) is 0 Å². The van der Waals surface area contributed by atoms with Crippen LogP contribution in [0.1, 0.15) is 0 Å². The highest BCUT2D eigenvalue weighted by Crippen LogP contribution is 2.32. The maximum atomic E-state index is 7.80. The topological polar surface area (TPSA) is 69.9 Å². The Morgan fingerprint density at radius 3 is 2.00 bits per heavy atom. The molecule has 0 aliphatic rings. The van der Waals surface area contributed by atoms with Gasteiger partial charge in [-0.25, -0.2) is 0 Å². The Morgan fingerprint density at radius 1 is 1.50 bits per heavy atom. The molecule has 0 fully saturated rings. The molecule has 0 radical (unpaired) electrons. The van der Waals surface area contributed by atoms with E-state index in [0.717, 1.165) is 0 Å². The molecule has 38 valence electrons. The summed E-state index contributed by atoms with van der Waals surface area (Å²) < 4.78 is 3.80. The largest absolute Gasteiger partial charge is 0.352 e. The second-order valence-electron chi connectivity index (χ2n) is 0.435. The number of hydrogen-bond donors (Lipinski definition) is 3. The summed E-state index contributed by atoms with van der Waals surface area (Å²) in [4.78, 5) is 23.3. The van der Waals surface area contributed by atoms with Gasteiger partial charge in [-0.2, -0.15) is 0 Å². The standard InChI is InChI=1S/H4O4P2/c1-5-4-6(2)3/h1-3,5H. The molecule has 0 spiro atoms. The summed E-state index contributed by atoms with van der Waals surface area (Å²) in [7, 11) is -3.17. The van der Waals surface area contributed by atoms with Crippen molar-refractivity contribution in [2.75, 3.05) is 0 Å². The maximum Gasteiger partial charge on any atom is 0.332 e. The normalized spacial score (nSPS) is 12.0. The van der Waals surface area contributed by atoms with Crippen molar-refractivity contribution in [3.63, 3.8) is 0 Å². The van der Waals surface area contributed by atoms with Gasteiger partial charge in [0.05, 0.1) is 0 Å². The van der Waals surface area contributed by atoms with Gasteiger partial charge in [0.2, 0.25) is 0 Å². The first kappa shape index (κ1) is 6.70. The molecule has 0 aromatic carbocycles. The van der Waals surface area contributed by atoms with Gasteiger partial charge in [0.15, 0.2) is 9.03 Å². The first-order chi connectivity index (χ1) is 2.77. The third-order valence-electron chi connectivity index (χ3n) is 0.122. The molecule has 1 unspecified atom stereocenters. The Labute approximate surface area is 37.7 Å². The van der Waals surface area contributed by atoms with Crippen molar-refractivity contribution in [2.45, 2.75) is 0 Å². The molecule has 0 aromatic rings. The second-order valence-corrected chi connectivity index (χ2v) is 1.85. The van der Waals surface area contributed by atoms with Gasteiger partial charge < -0.3 is 14.7 Å². The summed E-state index contributed by atoms with van der Waals surface area (Å²) in [5.41, 5.74) is 0. The minimum atomic E-state index is -2.34. The minimum Gasteiger partial charge on any atom is -0.352 e. The molecule has 0 saturated heterocycles. The zero-order chi connectivity index (χ0) is 4.99. The third-order valence-corrected chi connectivity index (χ3v) is 1.10. The van der Waals surface area contributed by atoms with Crippen molar-refractivity contribution in [1.29, 1.82) is 0 Å². The highest BCUT2D eigenvalue weighted by Gasteiger charge is 1.92. The van der Waals surface area contributed by atoms with E-state index in [1.54, 1.807) is 0 Å². The average molecular weight is 130 g/mol. The van der Waals surface area contributed by atoms with E-state index in [0.29, 0.717) is 0 Å². The van der Waals surface area contributed by atoms with Crippen LogP contribution >= 0.6 is 17.6 Å². The zero-order valence-corrected chi connectivity index (χ0v) is 4.59. The summed E-state index contributed by atoms with van der Waals surface area (Å²) in [5.74, 6) is 0. The van der Waals surface area contributed by atoms with Gasteiger partial charge in [-0.05, 0) is 0 Å². The highest BCUT2D eigenvalue weighted by atomic mass is 31.2. The van der Waals surface area contributed by atoms with Crippen LogP contribution in [-0.4, -0.2) is 14.7 Å². The number of hydrogen-bond acceptors (Lipinski definition) is 4. The highest BCUT2D eigenvalue weighted by molar-refractivity contribution is 7.48. The number of rotatable bonds is 2. The van der Waals surface area contributed by atoms with Crippen LogP contribution in [0.3, 0.4) is 0 Å². The van der Waals surface area contributed by atoms with Crippen molar-refractivity contribution in [2.24, 2.45) is 0 Å². The smallest absolute Gasteiger partial charge is 0.332 e. The van der Waals surface area contributed by atoms with Crippen LogP contribution in [0.15, 0.2) is 0 Å². The van der Waals surface area contributed by atoms with Gasteiger partial charge in [-0.15, -0.1) is 0 Å². The fourth-order valence-corrected chi connectivity index (χ4v) is 0.329. The fourth-order valence-electron chi connectivity index (χ4n) is 0.0365. The van der Waals surface area contributed by atoms with Gasteiger partial charge >= 0.3 is 8.60 Å². The van der Waals surface area contributed by atoms with E-state index in [9.17, 15) is 0 Å². The molecule has 0 aromatic heterocycles. The van der Waals surface area contributed by atoms with Crippen molar-refractivity contribution >= 4 is 17.6 Å². The van der Waals surface area contributed by atoms with Gasteiger partial charge in [0, 0.05) is 0 Å². The van der Waals surface area contributed by atoms with E-state index < -0.39 is 17.6 Å². The molecule has 6 heavy (non-hydrogen) atoms. The van der Waals surface area contributed by atoms with Gasteiger partial charge in [0.1, 0.15) is 0 Å². The Bertz CT molecular complexity index is 26.7. The first-order valence-electron chi connectivity index (χ1n) is 1.01. The lowest BCUT2D eigenvalue weighted by Crippen LogP contribution is -1.63. The lowest BCUT2D eigenvalue weighted by Gasteiger charge is -1.93. The van der Waals surface area contributed by atoms with Crippen LogP contribution in [0.2, 0.25) is 0 Å². The van der Waals surface area contributed by atoms with E-state index in [1.807, 2.05) is 0 Å². The fraction of sp³-hybridized carbons (Fsp3) is 0. The van der Waals surface area contributed by atoms with Crippen LogP contribution < -0.4 is 0 Å². The molecular weight excluding hydrogens is 126 g/mol. The van der Waals surface area contributed by atoms with Crippen LogP contribution in [0.4, 0.5) is 0 Å². The van der Waals surface area contributed by atoms with Crippen LogP contribution in [0, 0.1) is 0 Å². The molecule has 0 rings (SSSR count). The lowest BCUT2D eigenvalue weighted by atomic mass is 15.8. The maximum absolute atomic E-state index is 7.80.